The van der Waals surface area contributed by atoms with E-state index in [1.807, 2.05) is 0 Å². The first-order valence-electron chi connectivity index (χ1n) is 14.4. The van der Waals surface area contributed by atoms with Crippen molar-refractivity contribution in [2.24, 2.45) is 23.7 Å². The molecule has 0 aromatic carbocycles. The van der Waals surface area contributed by atoms with Crippen molar-refractivity contribution in [2.75, 3.05) is 39.3 Å². The molecule has 0 amide bonds. The molecule has 2 aliphatic heterocycles. The fraction of sp³-hybridized carbons (Fsp3) is 0.857. The first-order valence-corrected chi connectivity index (χ1v) is 14.4. The predicted molar refractivity (Wildman–Crippen MR) is 144 cm³/mol. The minimum absolute atomic E-state index is 0. The summed E-state index contributed by atoms with van der Waals surface area (Å²) < 4.78 is 0. The van der Waals surface area contributed by atoms with Gasteiger partial charge in [0.1, 0.15) is 0 Å². The van der Waals surface area contributed by atoms with Crippen molar-refractivity contribution >= 4 is 11.9 Å². The number of carboxylic acid groups (broad SMARTS) is 2. The molecule has 9 heteroatoms. The Kier molecular flexibility index (Phi) is 16.0. The zero-order valence-electron chi connectivity index (χ0n) is 22.3. The van der Waals surface area contributed by atoms with Gasteiger partial charge in [-0.05, 0) is 63.7 Å². The van der Waals surface area contributed by atoms with Crippen LogP contribution in [0.25, 0.3) is 10.6 Å². The summed E-state index contributed by atoms with van der Waals surface area (Å²) in [5.74, 6) is -0.893. The van der Waals surface area contributed by atoms with Crippen LogP contribution in [0.15, 0.2) is 12.2 Å². The monoisotopic (exact) mass is 562 g/mol. The van der Waals surface area contributed by atoms with E-state index in [1.54, 1.807) is 0 Å². The van der Waals surface area contributed by atoms with Crippen molar-refractivity contribution < 1.29 is 36.3 Å². The molecule has 2 heterocycles. The molecular formula is C28H48N4NiO4-2. The predicted octanol–water partition coefficient (Wildman–Crippen LogP) is 4.56. The van der Waals surface area contributed by atoms with Gasteiger partial charge in [0.25, 0.3) is 0 Å². The summed E-state index contributed by atoms with van der Waals surface area (Å²) in [6.07, 6.45) is 17.4. The fourth-order valence-corrected chi connectivity index (χ4v) is 6.19. The van der Waals surface area contributed by atoms with Gasteiger partial charge in [-0.2, -0.15) is 0 Å². The molecule has 0 spiro atoms. The SMILES string of the molecule is O=C(O)C1CCCCC1CNCC1C=CCC[N-]1.O=C(O)C1CCCCC1CNCC1CCCC[N-]1.[Ni]. The maximum atomic E-state index is 11.2. The Bertz CT molecular complexity index is 689. The molecule has 4 aliphatic rings. The number of piperidine rings is 1. The topological polar surface area (TPSA) is 127 Å². The maximum Gasteiger partial charge on any atom is 0.306 e. The van der Waals surface area contributed by atoms with E-state index >= 15 is 0 Å². The van der Waals surface area contributed by atoms with Crippen LogP contribution >= 0.6 is 0 Å². The van der Waals surface area contributed by atoms with Crippen molar-refractivity contribution in [3.63, 3.8) is 0 Å². The molecule has 4 rings (SSSR count). The van der Waals surface area contributed by atoms with Crippen molar-refractivity contribution in [1.29, 1.82) is 0 Å². The molecule has 4 N–H and O–H groups in total. The number of carbonyl (C=O) groups is 2. The molecule has 0 bridgehead atoms. The van der Waals surface area contributed by atoms with E-state index in [0.717, 1.165) is 84.2 Å². The van der Waals surface area contributed by atoms with Gasteiger partial charge in [0.05, 0.1) is 11.8 Å². The Morgan fingerprint density at radius 2 is 1.27 bits per heavy atom. The Morgan fingerprint density at radius 1 is 0.703 bits per heavy atom. The van der Waals surface area contributed by atoms with Gasteiger partial charge in [0.2, 0.25) is 0 Å². The third kappa shape index (κ3) is 11.7. The largest absolute Gasteiger partial charge is 0.658 e. The molecule has 2 aliphatic carbocycles. The van der Waals surface area contributed by atoms with E-state index in [0.29, 0.717) is 17.9 Å². The molecule has 1 saturated heterocycles. The molecule has 3 fully saturated rings. The van der Waals surface area contributed by atoms with Gasteiger partial charge in [-0.15, -0.1) is 31.2 Å². The van der Waals surface area contributed by atoms with E-state index in [1.165, 1.54) is 32.1 Å². The van der Waals surface area contributed by atoms with Crippen LogP contribution in [0.4, 0.5) is 0 Å². The van der Waals surface area contributed by atoms with E-state index < -0.39 is 11.9 Å². The quantitative estimate of drug-likeness (QED) is 0.228. The smallest absolute Gasteiger partial charge is 0.306 e. The van der Waals surface area contributed by atoms with E-state index in [-0.39, 0.29) is 34.4 Å². The van der Waals surface area contributed by atoms with Crippen LogP contribution in [0.5, 0.6) is 0 Å². The van der Waals surface area contributed by atoms with Gasteiger partial charge in [-0.25, -0.2) is 0 Å². The van der Waals surface area contributed by atoms with E-state index in [2.05, 4.69) is 33.4 Å². The molecule has 0 aromatic rings. The van der Waals surface area contributed by atoms with Crippen LogP contribution in [0.1, 0.15) is 77.0 Å². The third-order valence-electron chi connectivity index (χ3n) is 8.35. The first kappa shape index (κ1) is 32.2. The van der Waals surface area contributed by atoms with Gasteiger partial charge in [0.15, 0.2) is 0 Å². The zero-order chi connectivity index (χ0) is 25.6. The number of nitrogens with zero attached hydrogens (tertiary/aromatic N) is 2. The van der Waals surface area contributed by atoms with Gasteiger partial charge in [0, 0.05) is 16.5 Å². The Hall–Kier alpha value is -0.986. The molecule has 6 unspecified atom stereocenters. The summed E-state index contributed by atoms with van der Waals surface area (Å²) in [5, 5.41) is 34.4. The van der Waals surface area contributed by atoms with Crippen molar-refractivity contribution in [3.05, 3.63) is 22.8 Å². The normalized spacial score (nSPS) is 31.9. The van der Waals surface area contributed by atoms with Gasteiger partial charge >= 0.3 is 11.9 Å². The molecule has 216 valence electrons. The third-order valence-corrected chi connectivity index (χ3v) is 8.35. The average molecular weight is 563 g/mol. The fourth-order valence-electron chi connectivity index (χ4n) is 6.19. The van der Waals surface area contributed by atoms with Crippen LogP contribution < -0.4 is 10.6 Å². The summed E-state index contributed by atoms with van der Waals surface area (Å²) in [6, 6.07) is 0.747. The Balaban J connectivity index is 0.000000253. The van der Waals surface area contributed by atoms with Gasteiger partial charge in [-0.1, -0.05) is 57.4 Å². The molecule has 0 aromatic heterocycles. The summed E-state index contributed by atoms with van der Waals surface area (Å²) in [5.41, 5.74) is 0. The molecule has 0 radical (unpaired) electrons. The number of rotatable bonds is 10. The van der Waals surface area contributed by atoms with E-state index in [4.69, 9.17) is 0 Å². The summed E-state index contributed by atoms with van der Waals surface area (Å²) >= 11 is 0. The van der Waals surface area contributed by atoms with Crippen molar-refractivity contribution in [3.8, 4) is 0 Å². The van der Waals surface area contributed by atoms with Crippen LogP contribution in [0.3, 0.4) is 0 Å². The van der Waals surface area contributed by atoms with Crippen LogP contribution in [-0.4, -0.2) is 73.5 Å². The van der Waals surface area contributed by atoms with Crippen LogP contribution in [0.2, 0.25) is 0 Å². The van der Waals surface area contributed by atoms with Crippen LogP contribution in [0, 0.1) is 23.7 Å². The second kappa shape index (κ2) is 18.3. The number of hydrogen-bond acceptors (Lipinski definition) is 4. The molecule has 8 nitrogen and oxygen atoms in total. The standard InChI is InChI=1S/C14H25N2O2.C14H23N2O2.Ni/c2*17-14(18)13-7-2-1-5-11(13)9-15-10-12-6-3-4-8-16-12;/h11-13,15H,1-10H2,(H,17,18);3,6,11-13,15H,1-2,4-5,7-10H2,(H,17,18);/q2*-1;. The number of hydrogen-bond donors (Lipinski definition) is 4. The Morgan fingerprint density at radius 3 is 1.78 bits per heavy atom. The van der Waals surface area contributed by atoms with E-state index in [9.17, 15) is 19.8 Å². The maximum absolute atomic E-state index is 11.2. The molecule has 6 atom stereocenters. The van der Waals surface area contributed by atoms with Crippen molar-refractivity contribution in [1.82, 2.24) is 10.6 Å². The molecular weight excluding hydrogens is 515 g/mol. The minimum Gasteiger partial charge on any atom is -0.658 e. The summed E-state index contributed by atoms with van der Waals surface area (Å²) in [7, 11) is 0. The number of nitrogens with one attached hydrogen (secondary N) is 2. The number of aliphatic carboxylic acids is 2. The second-order valence-corrected chi connectivity index (χ2v) is 11.0. The van der Waals surface area contributed by atoms with Crippen molar-refractivity contribution in [2.45, 2.75) is 89.1 Å². The average Bonchev–Trinajstić information content (AvgIpc) is 2.91. The van der Waals surface area contributed by atoms with Gasteiger partial charge < -0.3 is 31.5 Å². The number of carboxylic acids is 2. The van der Waals surface area contributed by atoms with Gasteiger partial charge in [-0.3, -0.25) is 9.59 Å². The summed E-state index contributed by atoms with van der Waals surface area (Å²) in [6.45, 7) is 5.37. The first-order chi connectivity index (χ1) is 17.5. The minimum atomic E-state index is -0.622. The molecule has 2 saturated carbocycles. The zero-order valence-corrected chi connectivity index (χ0v) is 23.3. The molecule has 37 heavy (non-hydrogen) atoms. The van der Waals surface area contributed by atoms with Crippen LogP contribution in [-0.2, 0) is 26.1 Å². The Labute approximate surface area is 233 Å². The second-order valence-electron chi connectivity index (χ2n) is 11.0. The summed E-state index contributed by atoms with van der Waals surface area (Å²) in [4.78, 5) is 22.4.